The van der Waals surface area contributed by atoms with Crippen LogP contribution in [0.3, 0.4) is 0 Å². The van der Waals surface area contributed by atoms with Crippen molar-refractivity contribution in [3.05, 3.63) is 0 Å². The minimum absolute atomic E-state index is 0.280. The van der Waals surface area contributed by atoms with E-state index in [1.807, 2.05) is 0 Å². The molecule has 24 heavy (non-hydrogen) atoms. The molecule has 0 aromatic rings. The summed E-state index contributed by atoms with van der Waals surface area (Å²) in [7, 11) is -4.05. The lowest BCUT2D eigenvalue weighted by Crippen LogP contribution is -2.70. The number of carbonyl (C=O) groups excluding carboxylic acids is 1. The maximum Gasteiger partial charge on any atom is 0.244 e. The number of hydrogen-bond donors (Lipinski definition) is 7. The highest BCUT2D eigenvalue weighted by Gasteiger charge is 2.49. The quantitative estimate of drug-likeness (QED) is 0.182. The number of nitrogens with zero attached hydrogens (tertiary/aromatic N) is 2. The molecule has 0 aromatic carbocycles. The molecule has 1 unspecified atom stereocenters. The molecule has 0 radical (unpaired) electrons. The first-order valence-electron chi connectivity index (χ1n) is 6.86. The van der Waals surface area contributed by atoms with Gasteiger partial charge in [-0.3, -0.25) is 10.2 Å². The lowest BCUT2D eigenvalue weighted by atomic mass is 9.88. The third-order valence-corrected chi connectivity index (χ3v) is 4.94. The monoisotopic (exact) mass is 370 g/mol. The third-order valence-electron chi connectivity index (χ3n) is 3.81. The van der Waals surface area contributed by atoms with Gasteiger partial charge >= 0.3 is 0 Å². The van der Waals surface area contributed by atoms with E-state index in [9.17, 15) is 38.7 Å². The molecule has 0 aliphatic carbocycles. The van der Waals surface area contributed by atoms with E-state index >= 15 is 0 Å². The Kier molecular flexibility index (Phi) is 6.49. The maximum atomic E-state index is 12.4. The molecule has 8 N–H and O–H groups in total. The first kappa shape index (κ1) is 20.5. The molecule has 1 heterocycles. The van der Waals surface area contributed by atoms with Gasteiger partial charge in [-0.25, -0.2) is 12.7 Å². The largest absolute Gasteiger partial charge is 0.394 e. The first-order valence-corrected chi connectivity index (χ1v) is 8.71. The summed E-state index contributed by atoms with van der Waals surface area (Å²) in [5.41, 5.74) is 5.13. The molecule has 5 atom stereocenters. The Labute approximate surface area is 138 Å². The topological polar surface area (TPSA) is 209 Å². The number of likely N-dealkylation sites (tertiary alicyclic amines) is 1. The van der Waals surface area contributed by atoms with Crippen molar-refractivity contribution in [1.82, 2.24) is 9.21 Å². The van der Waals surface area contributed by atoms with Crippen LogP contribution in [-0.2, 0) is 14.8 Å². The van der Waals surface area contributed by atoms with Crippen LogP contribution in [0.4, 0.5) is 0 Å². The fourth-order valence-electron chi connectivity index (χ4n) is 2.58. The highest BCUT2D eigenvalue weighted by Crippen LogP contribution is 2.25. The van der Waals surface area contributed by atoms with Crippen LogP contribution in [0.25, 0.3) is 0 Å². The van der Waals surface area contributed by atoms with Gasteiger partial charge in [-0.05, 0) is 0 Å². The zero-order valence-corrected chi connectivity index (χ0v) is 13.7. The van der Waals surface area contributed by atoms with Gasteiger partial charge in [-0.15, -0.1) is 0 Å². The third kappa shape index (κ3) is 3.93. The van der Waals surface area contributed by atoms with Gasteiger partial charge < -0.3 is 36.2 Å². The number of aliphatic hydroxyl groups excluding tert-OH is 5. The molecule has 0 bridgehead atoms. The van der Waals surface area contributed by atoms with E-state index in [-0.39, 0.29) is 4.31 Å². The number of nitrogens with two attached hydrogens (primary N) is 1. The van der Waals surface area contributed by atoms with Gasteiger partial charge in [0.1, 0.15) is 24.9 Å². The van der Waals surface area contributed by atoms with Crippen LogP contribution in [0.1, 0.15) is 0 Å². The van der Waals surface area contributed by atoms with Crippen molar-refractivity contribution in [2.24, 2.45) is 5.73 Å². The number of piperidine rings is 1. The van der Waals surface area contributed by atoms with Crippen LogP contribution in [0.15, 0.2) is 0 Å². The predicted octanol–water partition coefficient (Wildman–Crippen LogP) is -5.21. The standard InChI is InChI=1S/C11H22N4O8S/c1-24(22,23)14(11(12)13)2-7(18)15-5(3-16)8(19)10(21)9(20)6(15)4-17/h5-6,8-10,16-17,19-21H,2-4H2,1H3,(H3,12,13)/t5-,6-,8-,9+,10?/m1/s1. The minimum Gasteiger partial charge on any atom is -0.394 e. The summed E-state index contributed by atoms with van der Waals surface area (Å²) < 4.78 is 23.4. The van der Waals surface area contributed by atoms with Crippen molar-refractivity contribution in [1.29, 1.82) is 5.41 Å². The summed E-state index contributed by atoms with van der Waals surface area (Å²) in [6.07, 6.45) is -4.44. The Balaban J connectivity index is 3.18. The van der Waals surface area contributed by atoms with Crippen molar-refractivity contribution in [3.63, 3.8) is 0 Å². The van der Waals surface area contributed by atoms with Gasteiger partial charge in [0.15, 0.2) is 0 Å². The van der Waals surface area contributed by atoms with E-state index in [4.69, 9.17) is 11.1 Å². The Morgan fingerprint density at radius 1 is 1.12 bits per heavy atom. The Bertz CT molecular complexity index is 567. The summed E-state index contributed by atoms with van der Waals surface area (Å²) in [4.78, 5) is 13.1. The lowest BCUT2D eigenvalue weighted by Gasteiger charge is -2.48. The first-order chi connectivity index (χ1) is 11.0. The average molecular weight is 370 g/mol. The van der Waals surface area contributed by atoms with Crippen molar-refractivity contribution >= 4 is 21.9 Å². The predicted molar refractivity (Wildman–Crippen MR) is 80.1 cm³/mol. The second-order valence-corrected chi connectivity index (χ2v) is 7.33. The molecule has 12 nitrogen and oxygen atoms in total. The summed E-state index contributed by atoms with van der Waals surface area (Å²) in [5, 5.41) is 55.5. The molecule has 0 spiro atoms. The number of amides is 1. The number of aliphatic hydroxyl groups is 5. The zero-order valence-electron chi connectivity index (χ0n) is 12.8. The SMILES string of the molecule is CS(=O)(=O)N(CC(=O)N1[C@H](CO)[C@H](O)C(O)[C@H](O)[C@H]1CO)C(=N)N. The van der Waals surface area contributed by atoms with Gasteiger partial charge in [0.05, 0.1) is 31.6 Å². The van der Waals surface area contributed by atoms with Gasteiger partial charge in [-0.1, -0.05) is 0 Å². The number of rotatable bonds is 5. The van der Waals surface area contributed by atoms with Crippen LogP contribution >= 0.6 is 0 Å². The summed E-state index contributed by atoms with van der Waals surface area (Å²) in [5.74, 6) is -1.95. The van der Waals surface area contributed by atoms with Crippen molar-refractivity contribution in [2.75, 3.05) is 26.0 Å². The van der Waals surface area contributed by atoms with Crippen LogP contribution in [0.5, 0.6) is 0 Å². The fraction of sp³-hybridized carbons (Fsp3) is 0.818. The highest BCUT2D eigenvalue weighted by molar-refractivity contribution is 7.88. The fourth-order valence-corrected chi connectivity index (χ4v) is 3.28. The van der Waals surface area contributed by atoms with E-state index in [0.29, 0.717) is 4.90 Å². The lowest BCUT2D eigenvalue weighted by molar-refractivity contribution is -0.187. The number of carbonyl (C=O) groups is 1. The maximum absolute atomic E-state index is 12.4. The molecule has 140 valence electrons. The normalized spacial score (nSPS) is 30.9. The van der Waals surface area contributed by atoms with E-state index in [2.05, 4.69) is 0 Å². The molecule has 1 saturated heterocycles. The Morgan fingerprint density at radius 2 is 1.54 bits per heavy atom. The van der Waals surface area contributed by atoms with Crippen LogP contribution in [0.2, 0.25) is 0 Å². The second-order valence-electron chi connectivity index (χ2n) is 5.43. The van der Waals surface area contributed by atoms with E-state index in [0.717, 1.165) is 6.26 Å². The van der Waals surface area contributed by atoms with Crippen LogP contribution < -0.4 is 5.73 Å². The van der Waals surface area contributed by atoms with Gasteiger partial charge in [0.2, 0.25) is 21.9 Å². The highest BCUT2D eigenvalue weighted by atomic mass is 32.2. The molecule has 1 amide bonds. The van der Waals surface area contributed by atoms with Gasteiger partial charge in [0.25, 0.3) is 0 Å². The number of nitrogens with one attached hydrogen (secondary N) is 1. The average Bonchev–Trinajstić information content (AvgIpc) is 2.48. The van der Waals surface area contributed by atoms with Crippen LogP contribution in [0, 0.1) is 5.41 Å². The minimum atomic E-state index is -4.05. The van der Waals surface area contributed by atoms with Crippen molar-refractivity contribution in [3.8, 4) is 0 Å². The molecule has 1 aliphatic heterocycles. The molecule has 13 heteroatoms. The number of guanidine groups is 1. The molecule has 1 rings (SSSR count). The molecule has 1 fully saturated rings. The number of sulfonamides is 1. The van der Waals surface area contributed by atoms with Crippen molar-refractivity contribution in [2.45, 2.75) is 30.4 Å². The number of hydrogen-bond acceptors (Lipinski definition) is 9. The van der Waals surface area contributed by atoms with Crippen molar-refractivity contribution < 1.29 is 38.7 Å². The molecular formula is C11H22N4O8S. The van der Waals surface area contributed by atoms with Gasteiger partial charge in [0, 0.05) is 0 Å². The van der Waals surface area contributed by atoms with E-state index in [1.165, 1.54) is 0 Å². The van der Waals surface area contributed by atoms with Crippen LogP contribution in [-0.4, -0.2) is 111 Å². The molecule has 1 aliphatic rings. The molecular weight excluding hydrogens is 348 g/mol. The summed E-state index contributed by atoms with van der Waals surface area (Å²) in [6.45, 7) is -2.56. The smallest absolute Gasteiger partial charge is 0.244 e. The second kappa shape index (κ2) is 7.58. The molecule has 0 saturated carbocycles. The zero-order chi connectivity index (χ0) is 18.8. The summed E-state index contributed by atoms with van der Waals surface area (Å²) >= 11 is 0. The summed E-state index contributed by atoms with van der Waals surface area (Å²) in [6, 6.07) is -2.78. The Morgan fingerprint density at radius 3 is 1.83 bits per heavy atom. The van der Waals surface area contributed by atoms with E-state index < -0.39 is 72.0 Å². The van der Waals surface area contributed by atoms with Gasteiger partial charge in [-0.2, -0.15) is 0 Å². The Hall–Kier alpha value is -1.51. The van der Waals surface area contributed by atoms with E-state index in [1.54, 1.807) is 0 Å². The molecule has 0 aromatic heterocycles.